The Morgan fingerprint density at radius 2 is 2.09 bits per heavy atom. The van der Waals surface area contributed by atoms with Crippen molar-refractivity contribution in [3.63, 3.8) is 0 Å². The zero-order chi connectivity index (χ0) is 23.0. The molecule has 0 aliphatic carbocycles. The third kappa shape index (κ3) is 4.45. The summed E-state index contributed by atoms with van der Waals surface area (Å²) in [5.41, 5.74) is 4.40. The average Bonchev–Trinajstić information content (AvgIpc) is 3.37. The quantitative estimate of drug-likeness (QED) is 0.472. The van der Waals surface area contributed by atoms with Gasteiger partial charge in [-0.1, -0.05) is 12.1 Å². The number of hydrogen-bond donors (Lipinski definition) is 2. The number of H-pyrrole nitrogens is 1. The molecule has 33 heavy (non-hydrogen) atoms. The van der Waals surface area contributed by atoms with Gasteiger partial charge in [0.15, 0.2) is 5.69 Å². The molecule has 0 bridgehead atoms. The van der Waals surface area contributed by atoms with Gasteiger partial charge in [0.2, 0.25) is 0 Å². The molecule has 4 aromatic rings. The monoisotopic (exact) mass is 448 g/mol. The summed E-state index contributed by atoms with van der Waals surface area (Å²) < 4.78 is 27.0. The van der Waals surface area contributed by atoms with Gasteiger partial charge in [-0.15, -0.1) is 0 Å². The lowest BCUT2D eigenvalue weighted by molar-refractivity contribution is 0.0115. The molecule has 1 aromatic carbocycles. The first kappa shape index (κ1) is 21.1. The molecule has 0 unspecified atom stereocenters. The molecular formula is C24H22F2N6O. The van der Waals surface area contributed by atoms with Gasteiger partial charge in [-0.05, 0) is 47.9 Å². The number of carbonyl (C=O) groups is 1. The van der Waals surface area contributed by atoms with Crippen LogP contribution in [0.2, 0.25) is 0 Å². The van der Waals surface area contributed by atoms with E-state index in [-0.39, 0.29) is 24.6 Å². The Bertz CT molecular complexity index is 1340. The number of nitrogens with zero attached hydrogens (tertiary/aromatic N) is 4. The number of hydrogen-bond acceptors (Lipinski definition) is 5. The minimum Gasteiger partial charge on any atom is -0.305 e. The number of halogens is 2. The van der Waals surface area contributed by atoms with Crippen LogP contribution in [0.15, 0.2) is 55.0 Å². The highest BCUT2D eigenvalue weighted by atomic mass is 19.3. The third-order valence-electron chi connectivity index (χ3n) is 5.80. The molecule has 3 aromatic heterocycles. The molecule has 1 aliphatic rings. The molecule has 2 N–H and O–H groups in total. The van der Waals surface area contributed by atoms with Gasteiger partial charge in [0.1, 0.15) is 5.82 Å². The Labute approximate surface area is 188 Å². The van der Waals surface area contributed by atoms with E-state index in [4.69, 9.17) is 0 Å². The van der Waals surface area contributed by atoms with Crippen molar-refractivity contribution in [2.75, 3.05) is 18.4 Å². The summed E-state index contributed by atoms with van der Waals surface area (Å²) in [5, 5.41) is 10.6. The van der Waals surface area contributed by atoms with Gasteiger partial charge >= 0.3 is 0 Å². The number of aryl methyl sites for hydroxylation is 1. The number of aromatic amines is 1. The largest absolute Gasteiger partial charge is 0.305 e. The number of fused-ring (bicyclic) bond motifs is 1. The molecule has 0 atom stereocenters. The summed E-state index contributed by atoms with van der Waals surface area (Å²) in [6.45, 7) is 2.42. The maximum absolute atomic E-state index is 13.5. The Hall–Kier alpha value is -3.72. The van der Waals surface area contributed by atoms with E-state index in [9.17, 15) is 13.6 Å². The van der Waals surface area contributed by atoms with Crippen LogP contribution in [0.3, 0.4) is 0 Å². The normalized spacial score (nSPS) is 15.7. The van der Waals surface area contributed by atoms with Crippen LogP contribution >= 0.6 is 0 Å². The zero-order valence-corrected chi connectivity index (χ0v) is 18.0. The molecular weight excluding hydrogens is 426 g/mol. The Kier molecular flexibility index (Phi) is 5.33. The lowest BCUT2D eigenvalue weighted by atomic mass is 10.0. The fourth-order valence-corrected chi connectivity index (χ4v) is 4.08. The van der Waals surface area contributed by atoms with E-state index in [1.807, 2.05) is 37.3 Å². The van der Waals surface area contributed by atoms with Crippen molar-refractivity contribution in [3.8, 4) is 11.1 Å². The lowest BCUT2D eigenvalue weighted by Crippen LogP contribution is -2.24. The third-order valence-corrected chi connectivity index (χ3v) is 5.80. The minimum atomic E-state index is -2.62. The summed E-state index contributed by atoms with van der Waals surface area (Å²) in [7, 11) is 0. The number of alkyl halides is 2. The second-order valence-corrected chi connectivity index (χ2v) is 8.35. The van der Waals surface area contributed by atoms with Crippen LogP contribution in [-0.2, 0) is 6.54 Å². The minimum absolute atomic E-state index is 0.111. The van der Waals surface area contributed by atoms with Crippen LogP contribution < -0.4 is 5.32 Å². The van der Waals surface area contributed by atoms with Gasteiger partial charge in [0.25, 0.3) is 11.8 Å². The molecule has 7 nitrogen and oxygen atoms in total. The summed E-state index contributed by atoms with van der Waals surface area (Å²) in [6.07, 6.45) is 4.93. The van der Waals surface area contributed by atoms with Crippen LogP contribution in [-0.4, -0.2) is 50.0 Å². The number of amides is 1. The van der Waals surface area contributed by atoms with Crippen molar-refractivity contribution in [1.29, 1.82) is 0 Å². The molecule has 1 aliphatic heterocycles. The Morgan fingerprint density at radius 3 is 2.88 bits per heavy atom. The van der Waals surface area contributed by atoms with Gasteiger partial charge in [0, 0.05) is 49.1 Å². The number of likely N-dealkylation sites (tertiary alicyclic amines) is 1. The summed E-state index contributed by atoms with van der Waals surface area (Å²) >= 11 is 0. The SMILES string of the molecule is Cc1cccnc1NC(=O)c1n[nH]c2ccc(-c3cncc(CN4CCC(F)(F)C4)c3)cc12. The Morgan fingerprint density at radius 1 is 1.21 bits per heavy atom. The lowest BCUT2D eigenvalue weighted by Gasteiger charge is -2.15. The van der Waals surface area contributed by atoms with E-state index in [1.54, 1.807) is 29.6 Å². The standard InChI is InChI=1S/C24H22F2N6O/c1-15-3-2-7-28-22(15)29-23(33)21-19-10-17(4-5-20(19)30-31-21)18-9-16(11-27-12-18)13-32-8-6-24(25,26)14-32/h2-5,7,9-12H,6,8,13-14H2,1H3,(H,30,31)(H,28,29,33). The molecule has 0 radical (unpaired) electrons. The number of nitrogens with one attached hydrogen (secondary N) is 2. The molecule has 1 fully saturated rings. The molecule has 4 heterocycles. The van der Waals surface area contributed by atoms with Crippen molar-refractivity contribution in [1.82, 2.24) is 25.1 Å². The first-order chi connectivity index (χ1) is 15.9. The molecule has 9 heteroatoms. The maximum atomic E-state index is 13.5. The van der Waals surface area contributed by atoms with Gasteiger partial charge in [0.05, 0.1) is 12.1 Å². The maximum Gasteiger partial charge on any atom is 0.277 e. The van der Waals surface area contributed by atoms with Gasteiger partial charge in [-0.3, -0.25) is 19.8 Å². The molecule has 1 amide bonds. The number of anilines is 1. The molecule has 5 rings (SSSR count). The van der Waals surface area contributed by atoms with Gasteiger partial charge in [-0.2, -0.15) is 5.10 Å². The molecule has 0 saturated carbocycles. The smallest absolute Gasteiger partial charge is 0.277 e. The topological polar surface area (TPSA) is 86.8 Å². The number of carbonyl (C=O) groups excluding carboxylic acids is 1. The number of aromatic nitrogens is 4. The van der Waals surface area contributed by atoms with Crippen LogP contribution in [0.1, 0.15) is 28.0 Å². The Balaban J connectivity index is 1.41. The molecule has 0 spiro atoms. The van der Waals surface area contributed by atoms with E-state index < -0.39 is 5.92 Å². The number of rotatable bonds is 5. The molecule has 168 valence electrons. The second-order valence-electron chi connectivity index (χ2n) is 8.35. The highest BCUT2D eigenvalue weighted by Gasteiger charge is 2.37. The number of benzene rings is 1. The van der Waals surface area contributed by atoms with E-state index in [1.165, 1.54) is 0 Å². The summed E-state index contributed by atoms with van der Waals surface area (Å²) in [5.74, 6) is -2.50. The van der Waals surface area contributed by atoms with Crippen molar-refractivity contribution < 1.29 is 13.6 Å². The van der Waals surface area contributed by atoms with E-state index in [0.717, 1.165) is 27.8 Å². The average molecular weight is 448 g/mol. The fraction of sp³-hybridized carbons (Fsp3) is 0.250. The predicted octanol–water partition coefficient (Wildman–Crippen LogP) is 4.42. The van der Waals surface area contributed by atoms with Crippen LogP contribution in [0.5, 0.6) is 0 Å². The van der Waals surface area contributed by atoms with Crippen LogP contribution in [0.4, 0.5) is 14.6 Å². The highest BCUT2D eigenvalue weighted by Crippen LogP contribution is 2.29. The fourth-order valence-electron chi connectivity index (χ4n) is 4.08. The second kappa shape index (κ2) is 8.32. The van der Waals surface area contributed by atoms with E-state index in [0.29, 0.717) is 24.3 Å². The molecule has 1 saturated heterocycles. The zero-order valence-electron chi connectivity index (χ0n) is 18.0. The summed E-state index contributed by atoms with van der Waals surface area (Å²) in [4.78, 5) is 23.1. The van der Waals surface area contributed by atoms with E-state index in [2.05, 4.69) is 25.5 Å². The van der Waals surface area contributed by atoms with Crippen molar-refractivity contribution in [3.05, 3.63) is 71.8 Å². The van der Waals surface area contributed by atoms with Crippen molar-refractivity contribution in [2.24, 2.45) is 0 Å². The van der Waals surface area contributed by atoms with Gasteiger partial charge in [-0.25, -0.2) is 13.8 Å². The van der Waals surface area contributed by atoms with Gasteiger partial charge < -0.3 is 5.32 Å². The first-order valence-electron chi connectivity index (χ1n) is 10.6. The number of pyridine rings is 2. The van der Waals surface area contributed by atoms with E-state index >= 15 is 0 Å². The van der Waals surface area contributed by atoms with Crippen molar-refractivity contribution >= 4 is 22.6 Å². The van der Waals surface area contributed by atoms with Crippen molar-refractivity contribution in [2.45, 2.75) is 25.8 Å². The first-order valence-corrected chi connectivity index (χ1v) is 10.6. The highest BCUT2D eigenvalue weighted by molar-refractivity contribution is 6.11. The van der Waals surface area contributed by atoms with Crippen LogP contribution in [0.25, 0.3) is 22.0 Å². The summed E-state index contributed by atoms with van der Waals surface area (Å²) in [6, 6.07) is 11.3. The predicted molar refractivity (Wildman–Crippen MR) is 121 cm³/mol. The van der Waals surface area contributed by atoms with Crippen LogP contribution in [0, 0.1) is 6.92 Å².